The standard InChI is InChI=1S/C23H32O8/c1-18(2)20(5)8-10-22(18,30-14(20)24)16(26)28-12-7-13-29-17(27)23-11-9-21(6,15(25)31-23)19(23,3)4/h7-13H2,1-6H3/t20-,21?,22?,23?/m1/s1. The van der Waals surface area contributed by atoms with Crippen LogP contribution < -0.4 is 0 Å². The zero-order chi connectivity index (χ0) is 23.1. The number of carbonyl (C=O) groups excluding carboxylic acids is 4. The summed E-state index contributed by atoms with van der Waals surface area (Å²) in [5.41, 5.74) is -5.22. The first kappa shape index (κ1) is 22.1. The molecule has 2 saturated carbocycles. The van der Waals surface area contributed by atoms with Crippen molar-refractivity contribution < 1.29 is 38.1 Å². The summed E-state index contributed by atoms with van der Waals surface area (Å²) in [7, 11) is 0. The van der Waals surface area contributed by atoms with Gasteiger partial charge in [0.15, 0.2) is 0 Å². The summed E-state index contributed by atoms with van der Waals surface area (Å²) in [4.78, 5) is 50.3. The Balaban J connectivity index is 1.30. The third kappa shape index (κ3) is 2.31. The van der Waals surface area contributed by atoms with Crippen LogP contribution in [-0.2, 0) is 38.1 Å². The summed E-state index contributed by atoms with van der Waals surface area (Å²) in [6.45, 7) is 11.2. The van der Waals surface area contributed by atoms with Gasteiger partial charge in [-0.1, -0.05) is 27.7 Å². The molecule has 2 saturated heterocycles. The van der Waals surface area contributed by atoms with E-state index in [4.69, 9.17) is 18.9 Å². The number of hydrogen-bond donors (Lipinski definition) is 0. The molecule has 8 heteroatoms. The Labute approximate surface area is 182 Å². The lowest BCUT2D eigenvalue weighted by Gasteiger charge is -2.34. The van der Waals surface area contributed by atoms with Crippen molar-refractivity contribution in [1.82, 2.24) is 0 Å². The smallest absolute Gasteiger partial charge is 0.351 e. The molecule has 0 amide bonds. The third-order valence-corrected chi connectivity index (χ3v) is 9.58. The van der Waals surface area contributed by atoms with Gasteiger partial charge in [0, 0.05) is 17.3 Å². The van der Waals surface area contributed by atoms with E-state index in [0.29, 0.717) is 32.1 Å². The molecule has 0 aromatic rings. The molecular weight excluding hydrogens is 404 g/mol. The van der Waals surface area contributed by atoms with Crippen molar-refractivity contribution in [3.8, 4) is 0 Å². The van der Waals surface area contributed by atoms with E-state index in [1.54, 1.807) is 0 Å². The van der Waals surface area contributed by atoms with Crippen molar-refractivity contribution >= 4 is 23.9 Å². The molecule has 4 atom stereocenters. The summed E-state index contributed by atoms with van der Waals surface area (Å²) in [6.07, 6.45) is 2.35. The number of ether oxygens (including phenoxy) is 4. The second-order valence-corrected chi connectivity index (χ2v) is 11.0. The molecule has 31 heavy (non-hydrogen) atoms. The molecule has 172 valence electrons. The Kier molecular flexibility index (Phi) is 4.44. The maximum atomic E-state index is 12.8. The maximum absolute atomic E-state index is 12.8. The van der Waals surface area contributed by atoms with Crippen molar-refractivity contribution in [1.29, 1.82) is 0 Å². The number of fused-ring (bicyclic) bond motifs is 4. The zero-order valence-corrected chi connectivity index (χ0v) is 19.2. The first-order valence-electron chi connectivity index (χ1n) is 11.0. The van der Waals surface area contributed by atoms with E-state index in [-0.39, 0.29) is 25.2 Å². The topological polar surface area (TPSA) is 105 Å². The SMILES string of the molecule is CC12CCC(C(=O)OCCCOC(=O)C34CC[C@](C)(C(=O)O3)C4(C)C)(OC1=O)C2(C)C. The zero-order valence-electron chi connectivity index (χ0n) is 19.2. The number of rotatable bonds is 6. The van der Waals surface area contributed by atoms with Gasteiger partial charge in [-0.3, -0.25) is 9.59 Å². The highest BCUT2D eigenvalue weighted by Crippen LogP contribution is 2.66. The molecule has 4 aliphatic rings. The fourth-order valence-corrected chi connectivity index (χ4v) is 6.03. The van der Waals surface area contributed by atoms with E-state index >= 15 is 0 Å². The van der Waals surface area contributed by atoms with Gasteiger partial charge in [-0.25, -0.2) is 9.59 Å². The van der Waals surface area contributed by atoms with E-state index < -0.39 is 44.8 Å². The van der Waals surface area contributed by atoms with E-state index in [1.165, 1.54) is 0 Å². The van der Waals surface area contributed by atoms with Crippen molar-refractivity contribution in [2.24, 2.45) is 21.7 Å². The van der Waals surface area contributed by atoms with Crippen LogP contribution in [0.3, 0.4) is 0 Å². The molecule has 2 aliphatic heterocycles. The van der Waals surface area contributed by atoms with E-state index in [0.717, 1.165) is 0 Å². The average molecular weight is 437 g/mol. The van der Waals surface area contributed by atoms with Crippen LogP contribution in [0.1, 0.15) is 73.6 Å². The molecule has 2 heterocycles. The lowest BCUT2D eigenvalue weighted by molar-refractivity contribution is -0.185. The van der Waals surface area contributed by atoms with Crippen molar-refractivity contribution in [2.75, 3.05) is 13.2 Å². The maximum Gasteiger partial charge on any atom is 0.351 e. The van der Waals surface area contributed by atoms with Crippen molar-refractivity contribution in [2.45, 2.75) is 84.8 Å². The van der Waals surface area contributed by atoms with Crippen molar-refractivity contribution in [3.63, 3.8) is 0 Å². The van der Waals surface area contributed by atoms with E-state index in [2.05, 4.69) is 0 Å². The Bertz CT molecular complexity index is 805. The average Bonchev–Trinajstić information content (AvgIpc) is 3.15. The molecular formula is C23H32O8. The quantitative estimate of drug-likeness (QED) is 0.356. The molecule has 4 rings (SSSR count). The monoisotopic (exact) mass is 436 g/mol. The molecule has 4 fully saturated rings. The minimum atomic E-state index is -1.26. The predicted molar refractivity (Wildman–Crippen MR) is 106 cm³/mol. The van der Waals surface area contributed by atoms with Gasteiger partial charge >= 0.3 is 23.9 Å². The largest absolute Gasteiger partial charge is 0.463 e. The molecule has 0 aromatic carbocycles. The molecule has 0 radical (unpaired) electrons. The van der Waals surface area contributed by atoms with Crippen molar-refractivity contribution in [3.05, 3.63) is 0 Å². The number of carbonyl (C=O) groups is 4. The third-order valence-electron chi connectivity index (χ3n) is 9.58. The summed E-state index contributed by atoms with van der Waals surface area (Å²) in [5.74, 6) is -1.80. The number of hydrogen-bond acceptors (Lipinski definition) is 8. The predicted octanol–water partition coefficient (Wildman–Crippen LogP) is 2.71. The highest BCUT2D eigenvalue weighted by molar-refractivity contribution is 5.94. The minimum Gasteiger partial charge on any atom is -0.463 e. The second-order valence-electron chi connectivity index (χ2n) is 11.0. The summed E-state index contributed by atoms with van der Waals surface area (Å²) >= 11 is 0. The fraction of sp³-hybridized carbons (Fsp3) is 0.826. The number of esters is 4. The van der Waals surface area contributed by atoms with Gasteiger partial charge in [0.25, 0.3) is 0 Å². The summed E-state index contributed by atoms with van der Waals surface area (Å²) in [5, 5.41) is 0. The van der Waals surface area contributed by atoms with Gasteiger partial charge in [0.1, 0.15) is 0 Å². The normalized spacial score (nSPS) is 41.1. The van der Waals surface area contributed by atoms with Crippen LogP contribution in [0.4, 0.5) is 0 Å². The fourth-order valence-electron chi connectivity index (χ4n) is 6.03. The first-order valence-corrected chi connectivity index (χ1v) is 11.0. The molecule has 0 spiro atoms. The van der Waals surface area contributed by atoms with Crippen LogP contribution in [-0.4, -0.2) is 48.3 Å². The summed E-state index contributed by atoms with van der Waals surface area (Å²) in [6, 6.07) is 0. The van der Waals surface area contributed by atoms with Gasteiger partial charge in [-0.2, -0.15) is 0 Å². The minimum absolute atomic E-state index is 0.0338. The lowest BCUT2D eigenvalue weighted by Crippen LogP contribution is -2.49. The molecule has 0 N–H and O–H groups in total. The molecule has 2 aliphatic carbocycles. The first-order chi connectivity index (χ1) is 14.2. The van der Waals surface area contributed by atoms with Gasteiger partial charge in [0.2, 0.25) is 11.2 Å². The molecule has 3 unspecified atom stereocenters. The van der Waals surface area contributed by atoms with Crippen LogP contribution in [0, 0.1) is 21.7 Å². The molecule has 4 bridgehead atoms. The van der Waals surface area contributed by atoms with Gasteiger partial charge in [-0.05, 0) is 39.5 Å². The van der Waals surface area contributed by atoms with Crippen LogP contribution in [0.2, 0.25) is 0 Å². The van der Waals surface area contributed by atoms with Gasteiger partial charge in [-0.15, -0.1) is 0 Å². The molecule has 0 aromatic heterocycles. The van der Waals surface area contributed by atoms with Crippen LogP contribution >= 0.6 is 0 Å². The molecule has 8 nitrogen and oxygen atoms in total. The van der Waals surface area contributed by atoms with Crippen LogP contribution in [0.25, 0.3) is 0 Å². The van der Waals surface area contributed by atoms with Gasteiger partial charge < -0.3 is 18.9 Å². The Morgan fingerprint density at radius 1 is 0.710 bits per heavy atom. The van der Waals surface area contributed by atoms with Gasteiger partial charge in [0.05, 0.1) is 24.0 Å². The Hall–Kier alpha value is -2.12. The summed E-state index contributed by atoms with van der Waals surface area (Å²) < 4.78 is 21.9. The lowest BCUT2D eigenvalue weighted by atomic mass is 9.66. The van der Waals surface area contributed by atoms with Crippen LogP contribution in [0.15, 0.2) is 0 Å². The van der Waals surface area contributed by atoms with Crippen LogP contribution in [0.5, 0.6) is 0 Å². The van der Waals surface area contributed by atoms with E-state index in [1.807, 2.05) is 41.5 Å². The van der Waals surface area contributed by atoms with E-state index in [9.17, 15) is 19.2 Å². The second kappa shape index (κ2) is 6.23. The highest BCUT2D eigenvalue weighted by Gasteiger charge is 2.77. The Morgan fingerprint density at radius 2 is 1.06 bits per heavy atom. The Morgan fingerprint density at radius 3 is 1.32 bits per heavy atom. The highest BCUT2D eigenvalue weighted by atomic mass is 16.6.